The van der Waals surface area contributed by atoms with Crippen LogP contribution < -0.4 is 5.32 Å². The third kappa shape index (κ3) is 7.64. The van der Waals surface area contributed by atoms with E-state index in [2.05, 4.69) is 34.0 Å². The molecule has 2 rings (SSSR count). The maximum absolute atomic E-state index is 12.0. The van der Waals surface area contributed by atoms with Crippen molar-refractivity contribution >= 4 is 35.8 Å². The summed E-state index contributed by atoms with van der Waals surface area (Å²) in [7, 11) is 5.27. The number of aliphatic imine (C=N–C) groups is 1. The smallest absolute Gasteiger partial charge is 0.243 e. The van der Waals surface area contributed by atoms with Crippen LogP contribution in [0.2, 0.25) is 0 Å². The van der Waals surface area contributed by atoms with Crippen molar-refractivity contribution in [1.29, 1.82) is 0 Å². The summed E-state index contributed by atoms with van der Waals surface area (Å²) in [5.74, 6) is 1.36. The highest BCUT2D eigenvalue weighted by Crippen LogP contribution is 2.16. The first-order valence-corrected chi connectivity index (χ1v) is 9.98. The zero-order valence-corrected chi connectivity index (χ0v) is 20.3. The zero-order valence-electron chi connectivity index (χ0n) is 18.0. The molecule has 2 fully saturated rings. The molecule has 3 unspecified atom stereocenters. The number of carbonyl (C=O) groups is 1. The van der Waals surface area contributed by atoms with Gasteiger partial charge in [-0.05, 0) is 20.3 Å². The zero-order chi connectivity index (χ0) is 19.8. The molecule has 0 saturated carbocycles. The van der Waals surface area contributed by atoms with Crippen LogP contribution in [0.5, 0.6) is 0 Å². The third-order valence-electron chi connectivity index (χ3n) is 5.39. The summed E-state index contributed by atoms with van der Waals surface area (Å²) >= 11 is 0. The standard InChI is InChI=1S/C19H37N5O3.HI/c1-15-12-23(13-16(2)24(15)7-9-26-5)19(21-11-18(25)22(3)4)20-10-17-6-8-27-14-17;/h15-17H,6-14H2,1-5H3,(H,20,21);1H. The highest BCUT2D eigenvalue weighted by Gasteiger charge is 2.31. The number of hydrogen-bond donors (Lipinski definition) is 1. The van der Waals surface area contributed by atoms with E-state index in [1.54, 1.807) is 26.1 Å². The molecule has 1 N–H and O–H groups in total. The minimum Gasteiger partial charge on any atom is -0.383 e. The number of guanidine groups is 1. The predicted octanol–water partition coefficient (Wildman–Crippen LogP) is 0.716. The largest absolute Gasteiger partial charge is 0.383 e. The van der Waals surface area contributed by atoms with E-state index in [0.29, 0.717) is 18.0 Å². The fourth-order valence-corrected chi connectivity index (χ4v) is 3.70. The number of nitrogens with zero attached hydrogens (tertiary/aromatic N) is 4. The molecular weight excluding hydrogens is 473 g/mol. The van der Waals surface area contributed by atoms with E-state index < -0.39 is 0 Å². The molecule has 2 saturated heterocycles. The van der Waals surface area contributed by atoms with Crippen molar-refractivity contribution < 1.29 is 14.3 Å². The van der Waals surface area contributed by atoms with Gasteiger partial charge in [-0.25, -0.2) is 4.99 Å². The van der Waals surface area contributed by atoms with Crippen LogP contribution >= 0.6 is 24.0 Å². The van der Waals surface area contributed by atoms with Crippen LogP contribution in [0.3, 0.4) is 0 Å². The number of carbonyl (C=O) groups excluding carboxylic acids is 1. The van der Waals surface area contributed by atoms with Gasteiger partial charge < -0.3 is 24.6 Å². The number of ether oxygens (including phenoxy) is 2. The molecule has 0 radical (unpaired) electrons. The third-order valence-corrected chi connectivity index (χ3v) is 5.39. The molecule has 9 heteroatoms. The van der Waals surface area contributed by atoms with Crippen molar-refractivity contribution in [3.05, 3.63) is 0 Å². The molecule has 0 aromatic carbocycles. The molecule has 3 atom stereocenters. The minimum atomic E-state index is 0. The van der Waals surface area contributed by atoms with Crippen LogP contribution in [-0.4, -0.2) is 112 Å². The van der Waals surface area contributed by atoms with Crippen LogP contribution in [-0.2, 0) is 14.3 Å². The Balaban J connectivity index is 0.00000392. The van der Waals surface area contributed by atoms with Gasteiger partial charge in [0, 0.05) is 72.0 Å². The Hall–Kier alpha value is -0.650. The second-order valence-electron chi connectivity index (χ2n) is 7.87. The van der Waals surface area contributed by atoms with Gasteiger partial charge in [0.2, 0.25) is 5.91 Å². The number of methoxy groups -OCH3 is 1. The second-order valence-corrected chi connectivity index (χ2v) is 7.87. The molecule has 0 aliphatic carbocycles. The molecule has 2 heterocycles. The maximum atomic E-state index is 12.0. The summed E-state index contributed by atoms with van der Waals surface area (Å²) in [6.07, 6.45) is 1.08. The molecule has 28 heavy (non-hydrogen) atoms. The highest BCUT2D eigenvalue weighted by molar-refractivity contribution is 14.0. The Bertz CT molecular complexity index is 488. The SMILES string of the molecule is COCCN1C(C)CN(C(=NCC(=O)N(C)C)NCC2CCOC2)CC1C.I. The van der Waals surface area contributed by atoms with Gasteiger partial charge in [0.15, 0.2) is 5.96 Å². The van der Waals surface area contributed by atoms with Gasteiger partial charge >= 0.3 is 0 Å². The molecule has 0 bridgehead atoms. The number of nitrogens with one attached hydrogen (secondary N) is 1. The van der Waals surface area contributed by atoms with Gasteiger partial charge in [0.25, 0.3) is 0 Å². The van der Waals surface area contributed by atoms with Gasteiger partial charge in [-0.2, -0.15) is 0 Å². The molecule has 0 aromatic rings. The fourth-order valence-electron chi connectivity index (χ4n) is 3.70. The van der Waals surface area contributed by atoms with Crippen LogP contribution in [0.1, 0.15) is 20.3 Å². The lowest BCUT2D eigenvalue weighted by molar-refractivity contribution is -0.127. The van der Waals surface area contributed by atoms with Gasteiger partial charge in [-0.15, -0.1) is 24.0 Å². The lowest BCUT2D eigenvalue weighted by atomic mass is 10.1. The van der Waals surface area contributed by atoms with Crippen LogP contribution in [0.15, 0.2) is 4.99 Å². The Morgan fingerprint density at radius 1 is 1.29 bits per heavy atom. The van der Waals surface area contributed by atoms with Crippen molar-refractivity contribution in [3.8, 4) is 0 Å². The number of piperazine rings is 1. The van der Waals surface area contributed by atoms with E-state index in [4.69, 9.17) is 9.47 Å². The molecule has 0 aromatic heterocycles. The van der Waals surface area contributed by atoms with Crippen molar-refractivity contribution in [1.82, 2.24) is 20.0 Å². The van der Waals surface area contributed by atoms with Crippen LogP contribution in [0.25, 0.3) is 0 Å². The van der Waals surface area contributed by atoms with E-state index >= 15 is 0 Å². The Morgan fingerprint density at radius 2 is 1.96 bits per heavy atom. The molecular formula is C19H38IN5O3. The lowest BCUT2D eigenvalue weighted by Crippen LogP contribution is -2.60. The average Bonchev–Trinajstić information content (AvgIpc) is 3.14. The summed E-state index contributed by atoms with van der Waals surface area (Å²) < 4.78 is 10.7. The van der Waals surface area contributed by atoms with Gasteiger partial charge in [0.05, 0.1) is 13.2 Å². The van der Waals surface area contributed by atoms with Crippen LogP contribution in [0.4, 0.5) is 0 Å². The Morgan fingerprint density at radius 3 is 2.50 bits per heavy atom. The van der Waals surface area contributed by atoms with E-state index in [-0.39, 0.29) is 36.4 Å². The minimum absolute atomic E-state index is 0. The summed E-state index contributed by atoms with van der Waals surface area (Å²) in [6.45, 7) is 10.6. The summed E-state index contributed by atoms with van der Waals surface area (Å²) in [6, 6.07) is 0.797. The molecule has 2 aliphatic rings. The average molecular weight is 511 g/mol. The number of rotatable bonds is 7. The van der Waals surface area contributed by atoms with Crippen molar-refractivity contribution in [3.63, 3.8) is 0 Å². The van der Waals surface area contributed by atoms with E-state index in [0.717, 1.165) is 58.4 Å². The molecule has 2 aliphatic heterocycles. The lowest BCUT2D eigenvalue weighted by Gasteiger charge is -2.45. The van der Waals surface area contributed by atoms with Crippen molar-refractivity contribution in [2.45, 2.75) is 32.4 Å². The Labute approximate surface area is 187 Å². The normalized spacial score (nSPS) is 26.1. The van der Waals surface area contributed by atoms with Crippen LogP contribution in [0, 0.1) is 5.92 Å². The monoisotopic (exact) mass is 511 g/mol. The summed E-state index contributed by atoms with van der Waals surface area (Å²) in [4.78, 5) is 23.0. The number of hydrogen-bond acceptors (Lipinski definition) is 5. The number of likely N-dealkylation sites (N-methyl/N-ethyl adjacent to an activating group) is 1. The van der Waals surface area contributed by atoms with E-state index in [1.807, 2.05) is 0 Å². The van der Waals surface area contributed by atoms with Crippen molar-refractivity contribution in [2.75, 3.05) is 73.7 Å². The fraction of sp³-hybridized carbons (Fsp3) is 0.895. The topological polar surface area (TPSA) is 69.6 Å². The first-order valence-electron chi connectivity index (χ1n) is 9.98. The molecule has 0 spiro atoms. The van der Waals surface area contributed by atoms with Gasteiger partial charge in [0.1, 0.15) is 6.54 Å². The number of amides is 1. The van der Waals surface area contributed by atoms with E-state index in [1.165, 1.54) is 0 Å². The van der Waals surface area contributed by atoms with E-state index in [9.17, 15) is 4.79 Å². The second kappa shape index (κ2) is 12.8. The first kappa shape index (κ1) is 25.4. The summed E-state index contributed by atoms with van der Waals surface area (Å²) in [5.41, 5.74) is 0. The number of halogens is 1. The molecule has 1 amide bonds. The van der Waals surface area contributed by atoms with Gasteiger partial charge in [-0.3, -0.25) is 9.69 Å². The quantitative estimate of drug-likeness (QED) is 0.309. The molecule has 8 nitrogen and oxygen atoms in total. The molecule has 164 valence electrons. The maximum Gasteiger partial charge on any atom is 0.243 e. The van der Waals surface area contributed by atoms with Gasteiger partial charge in [-0.1, -0.05) is 0 Å². The Kier molecular flexibility index (Phi) is 11.6. The first-order chi connectivity index (χ1) is 12.9. The summed E-state index contributed by atoms with van der Waals surface area (Å²) in [5, 5.41) is 3.51. The predicted molar refractivity (Wildman–Crippen MR) is 122 cm³/mol. The highest BCUT2D eigenvalue weighted by atomic mass is 127. The van der Waals surface area contributed by atoms with Crippen molar-refractivity contribution in [2.24, 2.45) is 10.9 Å².